The van der Waals surface area contributed by atoms with Gasteiger partial charge < -0.3 is 19.5 Å². The summed E-state index contributed by atoms with van der Waals surface area (Å²) in [4.78, 5) is 0. The number of hydrogen-bond acceptors (Lipinski definition) is 4. The van der Waals surface area contributed by atoms with Crippen molar-refractivity contribution in [1.29, 1.82) is 0 Å². The van der Waals surface area contributed by atoms with Crippen LogP contribution < -0.4 is 14.8 Å². The van der Waals surface area contributed by atoms with Crippen LogP contribution in [0.25, 0.3) is 0 Å². The normalized spacial score (nSPS) is 18.2. The lowest BCUT2D eigenvalue weighted by atomic mass is 10.2. The molecule has 1 saturated heterocycles. The smallest absolute Gasteiger partial charge is 0.161 e. The molecule has 1 aliphatic heterocycles. The van der Waals surface area contributed by atoms with Gasteiger partial charge in [0.05, 0.1) is 19.8 Å². The lowest BCUT2D eigenvalue weighted by Crippen LogP contribution is -2.25. The van der Waals surface area contributed by atoms with Crippen LogP contribution in [0.1, 0.15) is 32.3 Å². The van der Waals surface area contributed by atoms with Gasteiger partial charge in [-0.3, -0.25) is 0 Å². The zero-order valence-electron chi connectivity index (χ0n) is 13.4. The minimum Gasteiger partial charge on any atom is -0.493 e. The zero-order valence-corrected chi connectivity index (χ0v) is 13.4. The fourth-order valence-electron chi connectivity index (χ4n) is 2.38. The van der Waals surface area contributed by atoms with Crippen molar-refractivity contribution >= 4 is 0 Å². The molecule has 0 aliphatic carbocycles. The molecule has 0 saturated carbocycles. The Balaban J connectivity index is 1.85. The Kier molecular flexibility index (Phi) is 6.33. The van der Waals surface area contributed by atoms with Gasteiger partial charge in [-0.25, -0.2) is 0 Å². The van der Waals surface area contributed by atoms with Gasteiger partial charge in [-0.2, -0.15) is 0 Å². The number of methoxy groups -OCH3 is 1. The van der Waals surface area contributed by atoms with Gasteiger partial charge in [-0.05, 0) is 36.5 Å². The lowest BCUT2D eigenvalue weighted by molar-refractivity contribution is 0.110. The molecule has 0 aromatic heterocycles. The minimum absolute atomic E-state index is 0.376. The maximum absolute atomic E-state index is 5.76. The van der Waals surface area contributed by atoms with Crippen molar-refractivity contribution in [2.75, 3.05) is 26.9 Å². The summed E-state index contributed by atoms with van der Waals surface area (Å²) in [7, 11) is 1.68. The SMILES string of the molecule is COc1cc(CNC[C@@H]2CCCO2)ccc1OCC(C)C. The molecule has 1 fully saturated rings. The molecule has 4 nitrogen and oxygen atoms in total. The molecule has 21 heavy (non-hydrogen) atoms. The van der Waals surface area contributed by atoms with Crippen LogP contribution in [-0.2, 0) is 11.3 Å². The standard InChI is InChI=1S/C17H27NO3/c1-13(2)12-21-16-7-6-14(9-17(16)19-3)10-18-11-15-5-4-8-20-15/h6-7,9,13,15,18H,4-5,8,10-12H2,1-3H3/t15-/m0/s1. The summed E-state index contributed by atoms with van der Waals surface area (Å²) in [6.45, 7) is 7.61. The van der Waals surface area contributed by atoms with Crippen molar-refractivity contribution in [3.05, 3.63) is 23.8 Å². The Bertz CT molecular complexity index is 428. The first-order chi connectivity index (χ1) is 10.2. The molecule has 0 amide bonds. The topological polar surface area (TPSA) is 39.7 Å². The van der Waals surface area contributed by atoms with Crippen LogP contribution in [0, 0.1) is 5.92 Å². The van der Waals surface area contributed by atoms with Crippen LogP contribution >= 0.6 is 0 Å². The quantitative estimate of drug-likeness (QED) is 0.800. The zero-order chi connectivity index (χ0) is 15.1. The second kappa shape index (κ2) is 8.25. The molecule has 0 spiro atoms. The predicted molar refractivity (Wildman–Crippen MR) is 84.0 cm³/mol. The van der Waals surface area contributed by atoms with E-state index in [-0.39, 0.29) is 0 Å². The van der Waals surface area contributed by atoms with E-state index in [1.807, 2.05) is 12.1 Å². The molecular weight excluding hydrogens is 266 g/mol. The number of nitrogens with one attached hydrogen (secondary N) is 1. The van der Waals surface area contributed by atoms with E-state index in [0.29, 0.717) is 18.6 Å². The molecule has 1 heterocycles. The fraction of sp³-hybridized carbons (Fsp3) is 0.647. The third-order valence-electron chi connectivity index (χ3n) is 3.53. The van der Waals surface area contributed by atoms with Crippen molar-refractivity contribution in [3.63, 3.8) is 0 Å². The van der Waals surface area contributed by atoms with E-state index >= 15 is 0 Å². The van der Waals surface area contributed by atoms with Crippen molar-refractivity contribution in [2.45, 2.75) is 39.3 Å². The van der Waals surface area contributed by atoms with E-state index in [1.54, 1.807) is 7.11 Å². The highest BCUT2D eigenvalue weighted by molar-refractivity contribution is 5.42. The number of ether oxygens (including phenoxy) is 3. The summed E-state index contributed by atoms with van der Waals surface area (Å²) >= 11 is 0. The van der Waals surface area contributed by atoms with Gasteiger partial charge in [0.15, 0.2) is 11.5 Å². The Labute approximate surface area is 127 Å². The van der Waals surface area contributed by atoms with Crippen molar-refractivity contribution in [2.24, 2.45) is 5.92 Å². The molecule has 1 aromatic rings. The second-order valence-electron chi connectivity index (χ2n) is 5.96. The highest BCUT2D eigenvalue weighted by Gasteiger charge is 2.14. The molecular formula is C17H27NO3. The molecule has 4 heteroatoms. The maximum Gasteiger partial charge on any atom is 0.161 e. The minimum atomic E-state index is 0.376. The van der Waals surface area contributed by atoms with Gasteiger partial charge in [0.25, 0.3) is 0 Å². The largest absolute Gasteiger partial charge is 0.493 e. The average Bonchev–Trinajstić information content (AvgIpc) is 2.98. The van der Waals surface area contributed by atoms with Crippen molar-refractivity contribution < 1.29 is 14.2 Å². The second-order valence-corrected chi connectivity index (χ2v) is 5.96. The Morgan fingerprint density at radius 3 is 2.86 bits per heavy atom. The molecule has 0 radical (unpaired) electrons. The summed E-state index contributed by atoms with van der Waals surface area (Å²) in [6, 6.07) is 6.11. The van der Waals surface area contributed by atoms with E-state index in [0.717, 1.165) is 37.6 Å². The number of benzene rings is 1. The third kappa shape index (κ3) is 5.21. The number of rotatable bonds is 8. The fourth-order valence-corrected chi connectivity index (χ4v) is 2.38. The molecule has 1 atom stereocenters. The average molecular weight is 293 g/mol. The third-order valence-corrected chi connectivity index (χ3v) is 3.53. The van der Waals surface area contributed by atoms with Crippen LogP contribution in [0.2, 0.25) is 0 Å². The van der Waals surface area contributed by atoms with Crippen LogP contribution in [0.5, 0.6) is 11.5 Å². The Morgan fingerprint density at radius 1 is 1.33 bits per heavy atom. The van der Waals surface area contributed by atoms with Crippen LogP contribution in [0.15, 0.2) is 18.2 Å². The summed E-state index contributed by atoms with van der Waals surface area (Å²) < 4.78 is 16.8. The number of hydrogen-bond donors (Lipinski definition) is 1. The lowest BCUT2D eigenvalue weighted by Gasteiger charge is -2.14. The predicted octanol–water partition coefficient (Wildman–Crippen LogP) is 3.00. The van der Waals surface area contributed by atoms with Gasteiger partial charge in [0, 0.05) is 19.7 Å². The molecule has 1 aliphatic rings. The first-order valence-corrected chi connectivity index (χ1v) is 7.81. The van der Waals surface area contributed by atoms with E-state index in [1.165, 1.54) is 12.0 Å². The van der Waals surface area contributed by atoms with Gasteiger partial charge in [0.1, 0.15) is 0 Å². The maximum atomic E-state index is 5.76. The summed E-state index contributed by atoms with van der Waals surface area (Å²) in [6.07, 6.45) is 2.72. The molecule has 1 N–H and O–H groups in total. The van der Waals surface area contributed by atoms with E-state index < -0.39 is 0 Å². The highest BCUT2D eigenvalue weighted by atomic mass is 16.5. The van der Waals surface area contributed by atoms with Crippen molar-refractivity contribution in [3.8, 4) is 11.5 Å². The highest BCUT2D eigenvalue weighted by Crippen LogP contribution is 2.28. The van der Waals surface area contributed by atoms with Gasteiger partial charge in [-0.15, -0.1) is 0 Å². The first-order valence-electron chi connectivity index (χ1n) is 7.81. The molecule has 0 bridgehead atoms. The van der Waals surface area contributed by atoms with Gasteiger partial charge >= 0.3 is 0 Å². The van der Waals surface area contributed by atoms with Gasteiger partial charge in [-0.1, -0.05) is 19.9 Å². The van der Waals surface area contributed by atoms with Gasteiger partial charge in [0.2, 0.25) is 0 Å². The van der Waals surface area contributed by atoms with E-state index in [2.05, 4.69) is 25.2 Å². The summed E-state index contributed by atoms with van der Waals surface area (Å²) in [5.74, 6) is 2.11. The first kappa shape index (κ1) is 16.1. The summed E-state index contributed by atoms with van der Waals surface area (Å²) in [5.41, 5.74) is 1.20. The Hall–Kier alpha value is -1.26. The molecule has 1 aromatic carbocycles. The molecule has 118 valence electrons. The van der Waals surface area contributed by atoms with E-state index in [9.17, 15) is 0 Å². The van der Waals surface area contributed by atoms with E-state index in [4.69, 9.17) is 14.2 Å². The molecule has 0 unspecified atom stereocenters. The van der Waals surface area contributed by atoms with Crippen LogP contribution in [0.3, 0.4) is 0 Å². The van der Waals surface area contributed by atoms with Crippen LogP contribution in [0.4, 0.5) is 0 Å². The molecule has 2 rings (SSSR count). The monoisotopic (exact) mass is 293 g/mol. The van der Waals surface area contributed by atoms with Crippen molar-refractivity contribution in [1.82, 2.24) is 5.32 Å². The summed E-state index contributed by atoms with van der Waals surface area (Å²) in [5, 5.41) is 3.44. The Morgan fingerprint density at radius 2 is 2.19 bits per heavy atom. The van der Waals surface area contributed by atoms with Crippen LogP contribution in [-0.4, -0.2) is 33.0 Å².